The number of carboxylic acid groups (broad SMARTS) is 1. The maximum absolute atomic E-state index is 12.1. The van der Waals surface area contributed by atoms with Crippen LogP contribution in [0.5, 0.6) is 0 Å². The van der Waals surface area contributed by atoms with Crippen LogP contribution in [0.1, 0.15) is 12.8 Å². The maximum atomic E-state index is 12.1. The predicted octanol–water partition coefficient (Wildman–Crippen LogP) is -0.913. The molecule has 0 aromatic heterocycles. The highest BCUT2D eigenvalue weighted by molar-refractivity contribution is 6.08. The van der Waals surface area contributed by atoms with Crippen molar-refractivity contribution in [3.63, 3.8) is 0 Å². The Morgan fingerprint density at radius 3 is 2.53 bits per heavy atom. The second-order valence-electron chi connectivity index (χ2n) is 4.60. The molecule has 7 heteroatoms. The van der Waals surface area contributed by atoms with Gasteiger partial charge in [-0.15, -0.1) is 0 Å². The molecule has 0 aliphatic carbocycles. The molecule has 0 bridgehead atoms. The standard InChI is InChI=1S/C10H15N3O4/c1-12-4-2-10(3-5-12)8(16)13(6-7(14)15)9(17)11-10/h2-6H2,1H3,(H,11,17)(H,14,15). The number of aliphatic carboxylic acids is 1. The number of nitrogens with one attached hydrogen (secondary N) is 1. The number of carboxylic acids is 1. The first-order valence-corrected chi connectivity index (χ1v) is 5.49. The number of imide groups is 1. The third-order valence-corrected chi connectivity index (χ3v) is 3.38. The third kappa shape index (κ3) is 1.97. The van der Waals surface area contributed by atoms with Crippen molar-refractivity contribution < 1.29 is 19.5 Å². The molecular weight excluding hydrogens is 226 g/mol. The van der Waals surface area contributed by atoms with E-state index in [0.717, 1.165) is 4.90 Å². The van der Waals surface area contributed by atoms with Crippen LogP contribution < -0.4 is 5.32 Å². The number of nitrogens with zero attached hydrogens (tertiary/aromatic N) is 2. The van der Waals surface area contributed by atoms with E-state index in [1.54, 1.807) is 0 Å². The highest BCUT2D eigenvalue weighted by Crippen LogP contribution is 2.28. The summed E-state index contributed by atoms with van der Waals surface area (Å²) in [5, 5.41) is 11.3. The van der Waals surface area contributed by atoms with Gasteiger partial charge in [-0.3, -0.25) is 14.5 Å². The Kier molecular flexibility index (Phi) is 2.78. The van der Waals surface area contributed by atoms with Crippen molar-refractivity contribution in [2.45, 2.75) is 18.4 Å². The van der Waals surface area contributed by atoms with Crippen molar-refractivity contribution in [2.24, 2.45) is 0 Å². The third-order valence-electron chi connectivity index (χ3n) is 3.38. The van der Waals surface area contributed by atoms with E-state index in [1.807, 2.05) is 7.05 Å². The lowest BCUT2D eigenvalue weighted by molar-refractivity contribution is -0.143. The molecule has 7 nitrogen and oxygen atoms in total. The highest BCUT2D eigenvalue weighted by Gasteiger charge is 2.52. The molecule has 0 atom stereocenters. The molecule has 2 aliphatic heterocycles. The minimum Gasteiger partial charge on any atom is -0.480 e. The van der Waals surface area contributed by atoms with E-state index >= 15 is 0 Å². The van der Waals surface area contributed by atoms with Crippen molar-refractivity contribution in [1.82, 2.24) is 15.1 Å². The number of piperidine rings is 1. The lowest BCUT2D eigenvalue weighted by Crippen LogP contribution is -2.54. The van der Waals surface area contributed by atoms with Gasteiger partial charge in [-0.25, -0.2) is 4.79 Å². The fourth-order valence-corrected chi connectivity index (χ4v) is 2.29. The number of hydrogen-bond acceptors (Lipinski definition) is 4. The molecule has 94 valence electrons. The summed E-state index contributed by atoms with van der Waals surface area (Å²) in [4.78, 5) is 37.1. The summed E-state index contributed by atoms with van der Waals surface area (Å²) < 4.78 is 0. The predicted molar refractivity (Wildman–Crippen MR) is 57.3 cm³/mol. The Labute approximate surface area is 98.4 Å². The summed E-state index contributed by atoms with van der Waals surface area (Å²) in [6.07, 6.45) is 1.06. The van der Waals surface area contributed by atoms with E-state index in [1.165, 1.54) is 0 Å². The van der Waals surface area contributed by atoms with E-state index in [0.29, 0.717) is 25.9 Å². The number of rotatable bonds is 2. The van der Waals surface area contributed by atoms with Crippen LogP contribution in [-0.2, 0) is 9.59 Å². The van der Waals surface area contributed by atoms with E-state index in [4.69, 9.17) is 5.11 Å². The lowest BCUT2D eigenvalue weighted by atomic mass is 9.88. The van der Waals surface area contributed by atoms with Gasteiger partial charge in [0.15, 0.2) is 0 Å². The Balaban J connectivity index is 2.15. The van der Waals surface area contributed by atoms with Gasteiger partial charge in [-0.1, -0.05) is 0 Å². The number of hydrogen-bond donors (Lipinski definition) is 2. The lowest BCUT2D eigenvalue weighted by Gasteiger charge is -2.35. The smallest absolute Gasteiger partial charge is 0.325 e. The van der Waals surface area contributed by atoms with Crippen LogP contribution >= 0.6 is 0 Å². The van der Waals surface area contributed by atoms with Gasteiger partial charge < -0.3 is 15.3 Å². The van der Waals surface area contributed by atoms with Gasteiger partial charge in [0.25, 0.3) is 5.91 Å². The summed E-state index contributed by atoms with van der Waals surface area (Å²) in [6, 6.07) is -0.595. The zero-order valence-corrected chi connectivity index (χ0v) is 9.60. The Morgan fingerprint density at radius 1 is 1.41 bits per heavy atom. The molecule has 17 heavy (non-hydrogen) atoms. The summed E-state index contributed by atoms with van der Waals surface area (Å²) in [5.41, 5.74) is -0.876. The minimum atomic E-state index is -1.18. The van der Waals surface area contributed by atoms with Gasteiger partial charge in [-0.2, -0.15) is 0 Å². The zero-order valence-electron chi connectivity index (χ0n) is 9.60. The molecule has 2 fully saturated rings. The molecule has 0 aromatic rings. The first-order chi connectivity index (χ1) is 7.94. The van der Waals surface area contributed by atoms with Crippen molar-refractivity contribution in [1.29, 1.82) is 0 Å². The molecule has 2 aliphatic rings. The first kappa shape index (κ1) is 11.8. The summed E-state index contributed by atoms with van der Waals surface area (Å²) in [6.45, 7) is 0.863. The van der Waals surface area contributed by atoms with Crippen LogP contribution in [0.3, 0.4) is 0 Å². The fraction of sp³-hybridized carbons (Fsp3) is 0.700. The van der Waals surface area contributed by atoms with Crippen LogP contribution in [0, 0.1) is 0 Å². The SMILES string of the molecule is CN1CCC2(CC1)NC(=O)N(CC(=O)O)C2=O. The van der Waals surface area contributed by atoms with Gasteiger partial charge in [0.1, 0.15) is 12.1 Å². The van der Waals surface area contributed by atoms with Crippen molar-refractivity contribution in [3.05, 3.63) is 0 Å². The Bertz CT molecular complexity index is 374. The van der Waals surface area contributed by atoms with E-state index in [2.05, 4.69) is 10.2 Å². The van der Waals surface area contributed by atoms with Gasteiger partial charge in [-0.05, 0) is 19.9 Å². The van der Waals surface area contributed by atoms with Crippen molar-refractivity contribution in [2.75, 3.05) is 26.7 Å². The van der Waals surface area contributed by atoms with Crippen molar-refractivity contribution >= 4 is 17.9 Å². The summed E-state index contributed by atoms with van der Waals surface area (Å²) in [5.74, 6) is -1.59. The van der Waals surface area contributed by atoms with Crippen LogP contribution in [0.15, 0.2) is 0 Å². The Hall–Kier alpha value is -1.63. The number of carbonyl (C=O) groups is 3. The molecule has 2 N–H and O–H groups in total. The maximum Gasteiger partial charge on any atom is 0.325 e. The van der Waals surface area contributed by atoms with E-state index in [-0.39, 0.29) is 0 Å². The average Bonchev–Trinajstić information content (AvgIpc) is 2.48. The molecule has 0 unspecified atom stereocenters. The molecular formula is C10H15N3O4. The molecule has 2 saturated heterocycles. The molecule has 3 amide bonds. The number of amides is 3. The van der Waals surface area contributed by atoms with Crippen LogP contribution in [0.25, 0.3) is 0 Å². The number of likely N-dealkylation sites (tertiary alicyclic amines) is 1. The quantitative estimate of drug-likeness (QED) is 0.611. The topological polar surface area (TPSA) is 90.0 Å². The number of urea groups is 1. The van der Waals surface area contributed by atoms with Crippen LogP contribution in [-0.4, -0.2) is 65.0 Å². The Morgan fingerprint density at radius 2 is 2.00 bits per heavy atom. The zero-order chi connectivity index (χ0) is 12.6. The summed E-state index contributed by atoms with van der Waals surface area (Å²) >= 11 is 0. The average molecular weight is 241 g/mol. The van der Waals surface area contributed by atoms with Gasteiger partial charge >= 0.3 is 12.0 Å². The summed E-state index contributed by atoms with van der Waals surface area (Å²) in [7, 11) is 1.95. The highest BCUT2D eigenvalue weighted by atomic mass is 16.4. The van der Waals surface area contributed by atoms with E-state index in [9.17, 15) is 14.4 Å². The van der Waals surface area contributed by atoms with Gasteiger partial charge in [0.2, 0.25) is 0 Å². The second-order valence-corrected chi connectivity index (χ2v) is 4.60. The normalized spacial score (nSPS) is 24.2. The molecule has 0 radical (unpaired) electrons. The molecule has 2 rings (SSSR count). The first-order valence-electron chi connectivity index (χ1n) is 5.49. The van der Waals surface area contributed by atoms with Gasteiger partial charge in [0, 0.05) is 13.1 Å². The molecule has 0 aromatic carbocycles. The van der Waals surface area contributed by atoms with Crippen molar-refractivity contribution in [3.8, 4) is 0 Å². The minimum absolute atomic E-state index is 0.405. The molecule has 1 spiro atoms. The van der Waals surface area contributed by atoms with Crippen LogP contribution in [0.2, 0.25) is 0 Å². The molecule has 2 heterocycles. The van der Waals surface area contributed by atoms with Crippen LogP contribution in [0.4, 0.5) is 4.79 Å². The van der Waals surface area contributed by atoms with Gasteiger partial charge in [0.05, 0.1) is 0 Å². The second kappa shape index (κ2) is 3.99. The van der Waals surface area contributed by atoms with E-state index < -0.39 is 30.0 Å². The largest absolute Gasteiger partial charge is 0.480 e. The fourth-order valence-electron chi connectivity index (χ4n) is 2.29. The molecule has 0 saturated carbocycles. The monoisotopic (exact) mass is 241 g/mol. The number of carbonyl (C=O) groups excluding carboxylic acids is 2.